The molecular weight excluding hydrogens is 371 g/mol. The number of non-ortho nitro benzene ring substituents is 1. The van der Waals surface area contributed by atoms with Gasteiger partial charge in [-0.25, -0.2) is 14.2 Å². The van der Waals surface area contributed by atoms with E-state index < -0.39 is 10.9 Å². The Hall–Kier alpha value is -3.39. The van der Waals surface area contributed by atoms with Crippen LogP contribution in [0.25, 0.3) is 16.6 Å². The molecule has 3 aromatic rings. The number of carbonyl (C=O) groups excluding carboxylic acids is 1. The molecule has 0 aliphatic rings. The number of rotatable bonds is 6. The van der Waals surface area contributed by atoms with Crippen LogP contribution in [0.2, 0.25) is 0 Å². The van der Waals surface area contributed by atoms with Gasteiger partial charge < -0.3 is 4.74 Å². The van der Waals surface area contributed by atoms with Crippen molar-refractivity contribution >= 4 is 29.1 Å². The van der Waals surface area contributed by atoms with Gasteiger partial charge in [-0.15, -0.1) is 11.3 Å². The molecule has 3 rings (SSSR count). The maximum absolute atomic E-state index is 13.0. The Morgan fingerprint density at radius 2 is 1.89 bits per heavy atom. The van der Waals surface area contributed by atoms with E-state index in [1.54, 1.807) is 17.5 Å². The number of hydrogen-bond donors (Lipinski definition) is 0. The summed E-state index contributed by atoms with van der Waals surface area (Å²) in [6, 6.07) is 11.8. The zero-order valence-corrected chi connectivity index (χ0v) is 14.7. The Kier molecular flexibility index (Phi) is 5.68. The first-order valence-electron chi connectivity index (χ1n) is 7.81. The highest BCUT2D eigenvalue weighted by Crippen LogP contribution is 2.24. The van der Waals surface area contributed by atoms with Crippen molar-refractivity contribution in [3.8, 4) is 10.6 Å². The number of thiazole rings is 1. The van der Waals surface area contributed by atoms with E-state index >= 15 is 0 Å². The van der Waals surface area contributed by atoms with Gasteiger partial charge in [0.05, 0.1) is 10.6 Å². The average Bonchev–Trinajstić information content (AvgIpc) is 3.14. The van der Waals surface area contributed by atoms with E-state index in [0.29, 0.717) is 16.3 Å². The van der Waals surface area contributed by atoms with Gasteiger partial charge >= 0.3 is 5.97 Å². The molecule has 0 saturated carbocycles. The van der Waals surface area contributed by atoms with Gasteiger partial charge in [0.25, 0.3) is 5.69 Å². The van der Waals surface area contributed by atoms with Gasteiger partial charge in [0.1, 0.15) is 17.4 Å². The van der Waals surface area contributed by atoms with Crippen LogP contribution in [0.3, 0.4) is 0 Å². The predicted octanol–water partition coefficient (Wildman–Crippen LogP) is 4.61. The molecule has 0 N–H and O–H groups in total. The van der Waals surface area contributed by atoms with Crippen LogP contribution in [-0.2, 0) is 16.1 Å². The Labute approximate surface area is 157 Å². The molecule has 0 amide bonds. The Morgan fingerprint density at radius 3 is 2.56 bits per heavy atom. The minimum atomic E-state index is -0.551. The lowest BCUT2D eigenvalue weighted by molar-refractivity contribution is -0.384. The van der Waals surface area contributed by atoms with E-state index in [4.69, 9.17) is 4.74 Å². The monoisotopic (exact) mass is 384 g/mol. The van der Waals surface area contributed by atoms with Crippen molar-refractivity contribution in [1.29, 1.82) is 0 Å². The zero-order valence-electron chi connectivity index (χ0n) is 13.9. The average molecular weight is 384 g/mol. The summed E-state index contributed by atoms with van der Waals surface area (Å²) in [7, 11) is 0. The van der Waals surface area contributed by atoms with Crippen molar-refractivity contribution < 1.29 is 18.8 Å². The number of benzene rings is 2. The van der Waals surface area contributed by atoms with E-state index in [0.717, 1.165) is 5.56 Å². The second kappa shape index (κ2) is 8.33. The molecule has 0 spiro atoms. The molecule has 0 unspecified atom stereocenters. The molecule has 1 heterocycles. The SMILES string of the molecule is O=C(/C=C/c1ccc([N+](=O)[O-])cc1)OCc1csc(-c2ccc(F)cc2)n1. The number of nitro groups is 1. The van der Waals surface area contributed by atoms with Crippen LogP contribution >= 0.6 is 11.3 Å². The largest absolute Gasteiger partial charge is 0.456 e. The summed E-state index contributed by atoms with van der Waals surface area (Å²) < 4.78 is 18.1. The van der Waals surface area contributed by atoms with Crippen LogP contribution in [0.15, 0.2) is 60.0 Å². The number of aromatic nitrogens is 1. The summed E-state index contributed by atoms with van der Waals surface area (Å²) in [5, 5.41) is 13.1. The van der Waals surface area contributed by atoms with E-state index in [9.17, 15) is 19.3 Å². The Bertz CT molecular complexity index is 982. The number of ether oxygens (including phenoxy) is 1. The van der Waals surface area contributed by atoms with Crippen LogP contribution in [0.4, 0.5) is 10.1 Å². The third-order valence-electron chi connectivity index (χ3n) is 3.52. The molecule has 0 radical (unpaired) electrons. The number of nitrogens with zero attached hydrogens (tertiary/aromatic N) is 2. The molecular formula is C19H13FN2O4S. The van der Waals surface area contributed by atoms with Crippen molar-refractivity contribution in [2.75, 3.05) is 0 Å². The molecule has 0 atom stereocenters. The number of hydrogen-bond acceptors (Lipinski definition) is 6. The maximum Gasteiger partial charge on any atom is 0.331 e. The van der Waals surface area contributed by atoms with Gasteiger partial charge in [-0.3, -0.25) is 10.1 Å². The smallest absolute Gasteiger partial charge is 0.331 e. The molecule has 8 heteroatoms. The number of nitro benzene ring substituents is 1. The standard InChI is InChI=1S/C19H13FN2O4S/c20-15-6-4-14(5-7-15)19-21-16(12-27-19)11-26-18(23)10-3-13-1-8-17(9-2-13)22(24)25/h1-10,12H,11H2/b10-3+. The van der Waals surface area contributed by atoms with Gasteiger partial charge in [-0.1, -0.05) is 0 Å². The molecule has 0 saturated heterocycles. The van der Waals surface area contributed by atoms with Crippen molar-refractivity contribution in [2.45, 2.75) is 6.61 Å². The fourth-order valence-electron chi connectivity index (χ4n) is 2.16. The molecule has 27 heavy (non-hydrogen) atoms. The molecule has 2 aromatic carbocycles. The first kappa shape index (κ1) is 18.4. The Balaban J connectivity index is 1.54. The number of halogens is 1. The van der Waals surface area contributed by atoms with Crippen LogP contribution in [0, 0.1) is 15.9 Å². The van der Waals surface area contributed by atoms with Gasteiger partial charge in [0, 0.05) is 29.2 Å². The Morgan fingerprint density at radius 1 is 1.19 bits per heavy atom. The van der Waals surface area contributed by atoms with E-state index in [1.807, 2.05) is 0 Å². The summed E-state index contributed by atoms with van der Waals surface area (Å²) >= 11 is 1.38. The first-order valence-corrected chi connectivity index (χ1v) is 8.69. The van der Waals surface area contributed by atoms with Crippen molar-refractivity contribution in [3.63, 3.8) is 0 Å². The van der Waals surface area contributed by atoms with Crippen LogP contribution in [-0.4, -0.2) is 15.9 Å². The highest BCUT2D eigenvalue weighted by atomic mass is 32.1. The topological polar surface area (TPSA) is 82.3 Å². The molecule has 136 valence electrons. The highest BCUT2D eigenvalue weighted by molar-refractivity contribution is 7.13. The number of carbonyl (C=O) groups is 1. The minimum Gasteiger partial charge on any atom is -0.456 e. The fraction of sp³-hybridized carbons (Fsp3) is 0.0526. The summed E-state index contributed by atoms with van der Waals surface area (Å²) in [5.41, 5.74) is 2.01. The van der Waals surface area contributed by atoms with Crippen molar-refractivity contribution in [2.24, 2.45) is 0 Å². The summed E-state index contributed by atoms with van der Waals surface area (Å²) in [6.45, 7) is 0.0150. The quantitative estimate of drug-likeness (QED) is 0.268. The minimum absolute atomic E-state index is 0.0150. The lowest BCUT2D eigenvalue weighted by atomic mass is 10.2. The first-order chi connectivity index (χ1) is 13.0. The second-order valence-electron chi connectivity index (χ2n) is 5.44. The maximum atomic E-state index is 13.0. The summed E-state index contributed by atoms with van der Waals surface area (Å²) in [6.07, 6.45) is 2.76. The van der Waals surface area contributed by atoms with Gasteiger partial charge in [-0.05, 0) is 48.0 Å². The molecule has 0 aliphatic carbocycles. The lowest BCUT2D eigenvalue weighted by Crippen LogP contribution is -2.01. The van der Waals surface area contributed by atoms with Crippen LogP contribution in [0.5, 0.6) is 0 Å². The van der Waals surface area contributed by atoms with Gasteiger partial charge in [0.15, 0.2) is 0 Å². The number of esters is 1. The van der Waals surface area contributed by atoms with Crippen molar-refractivity contribution in [1.82, 2.24) is 4.98 Å². The summed E-state index contributed by atoms with van der Waals surface area (Å²) in [4.78, 5) is 26.3. The van der Waals surface area contributed by atoms with E-state index in [2.05, 4.69) is 4.98 Å². The molecule has 0 fully saturated rings. The third-order valence-corrected chi connectivity index (χ3v) is 4.46. The zero-order chi connectivity index (χ0) is 19.2. The predicted molar refractivity (Wildman–Crippen MR) is 99.4 cm³/mol. The molecule has 1 aromatic heterocycles. The molecule has 0 bridgehead atoms. The normalized spacial score (nSPS) is 10.9. The van der Waals surface area contributed by atoms with Gasteiger partial charge in [0.2, 0.25) is 0 Å². The van der Waals surface area contributed by atoms with Crippen LogP contribution < -0.4 is 0 Å². The molecule has 0 aliphatic heterocycles. The summed E-state index contributed by atoms with van der Waals surface area (Å²) in [5.74, 6) is -0.867. The van der Waals surface area contributed by atoms with E-state index in [-0.39, 0.29) is 18.1 Å². The second-order valence-corrected chi connectivity index (χ2v) is 6.30. The van der Waals surface area contributed by atoms with Crippen molar-refractivity contribution in [3.05, 3.63) is 87.2 Å². The molecule has 6 nitrogen and oxygen atoms in total. The fourth-order valence-corrected chi connectivity index (χ4v) is 2.97. The van der Waals surface area contributed by atoms with E-state index in [1.165, 1.54) is 59.9 Å². The highest BCUT2D eigenvalue weighted by Gasteiger charge is 2.07. The van der Waals surface area contributed by atoms with Crippen LogP contribution in [0.1, 0.15) is 11.3 Å². The third kappa shape index (κ3) is 5.05. The van der Waals surface area contributed by atoms with Gasteiger partial charge in [-0.2, -0.15) is 0 Å². The lowest BCUT2D eigenvalue weighted by Gasteiger charge is -1.99.